The normalized spacial score (nSPS) is 16.0. The Morgan fingerprint density at radius 3 is 2.46 bits per heavy atom. The summed E-state index contributed by atoms with van der Waals surface area (Å²) in [4.78, 5) is 2.03. The van der Waals surface area contributed by atoms with Gasteiger partial charge in [-0.15, -0.1) is 10.2 Å². The number of anilines is 1. The smallest absolute Gasteiger partial charge is 0.266 e. The van der Waals surface area contributed by atoms with Gasteiger partial charge >= 0.3 is 0 Å². The summed E-state index contributed by atoms with van der Waals surface area (Å²) in [6, 6.07) is 2.63. The van der Waals surface area contributed by atoms with Gasteiger partial charge in [0, 0.05) is 31.1 Å². The van der Waals surface area contributed by atoms with Crippen LogP contribution in [0.1, 0.15) is 5.01 Å². The SMILES string of the molecule is O=S(=O)(Nc1nnc(CCN2CCOCC2)s1)c1c(Cl)cc(Cl)cc1Cl. The lowest BCUT2D eigenvalue weighted by Gasteiger charge is -2.25. The van der Waals surface area contributed by atoms with Crippen molar-refractivity contribution in [1.82, 2.24) is 15.1 Å². The second-order valence-electron chi connectivity index (χ2n) is 5.51. The quantitative estimate of drug-likeness (QED) is 0.717. The molecular weight excluding hydrogens is 443 g/mol. The zero-order valence-corrected chi connectivity index (χ0v) is 17.3. The van der Waals surface area contributed by atoms with E-state index in [1.807, 2.05) is 0 Å². The fraction of sp³-hybridized carbons (Fsp3) is 0.429. The Labute approximate surface area is 170 Å². The summed E-state index contributed by atoms with van der Waals surface area (Å²) in [5.74, 6) is 0. The monoisotopic (exact) mass is 456 g/mol. The minimum atomic E-state index is -4.01. The predicted octanol–water partition coefficient (Wildman–Crippen LogP) is 3.17. The Hall–Kier alpha value is -0.680. The van der Waals surface area contributed by atoms with Crippen LogP contribution in [0, 0.1) is 0 Å². The Balaban J connectivity index is 1.68. The van der Waals surface area contributed by atoms with E-state index in [1.54, 1.807) is 0 Å². The van der Waals surface area contributed by atoms with Crippen molar-refractivity contribution in [2.45, 2.75) is 11.3 Å². The minimum absolute atomic E-state index is 0.0629. The Bertz CT molecular complexity index is 862. The largest absolute Gasteiger partial charge is 0.379 e. The van der Waals surface area contributed by atoms with E-state index in [9.17, 15) is 8.42 Å². The summed E-state index contributed by atoms with van der Waals surface area (Å²) >= 11 is 19.0. The standard InChI is InChI=1S/C14H15Cl3N4O3S2/c15-9-7-10(16)13(11(17)8-9)26(22,23)20-14-19-18-12(25-14)1-2-21-3-5-24-6-4-21/h7-8H,1-6H2,(H,19,20). The summed E-state index contributed by atoms with van der Waals surface area (Å²) < 4.78 is 32.8. The van der Waals surface area contributed by atoms with Gasteiger partial charge in [0.05, 0.1) is 23.3 Å². The molecule has 26 heavy (non-hydrogen) atoms. The molecule has 1 saturated heterocycles. The van der Waals surface area contributed by atoms with Crippen LogP contribution in [-0.2, 0) is 21.2 Å². The maximum absolute atomic E-state index is 12.6. The third-order valence-electron chi connectivity index (χ3n) is 3.67. The van der Waals surface area contributed by atoms with E-state index < -0.39 is 10.0 Å². The molecule has 142 valence electrons. The lowest BCUT2D eigenvalue weighted by atomic mass is 10.3. The van der Waals surface area contributed by atoms with Crippen molar-refractivity contribution in [3.05, 3.63) is 32.2 Å². The average Bonchev–Trinajstić information content (AvgIpc) is 2.99. The molecule has 7 nitrogen and oxygen atoms in total. The van der Waals surface area contributed by atoms with Gasteiger partial charge in [0.25, 0.3) is 10.0 Å². The lowest BCUT2D eigenvalue weighted by molar-refractivity contribution is 0.0384. The van der Waals surface area contributed by atoms with Gasteiger partial charge in [0.2, 0.25) is 5.13 Å². The fourth-order valence-corrected chi connectivity index (χ4v) is 5.93. The molecule has 1 aromatic carbocycles. The molecule has 0 aliphatic carbocycles. The number of ether oxygens (including phenoxy) is 1. The third-order valence-corrected chi connectivity index (χ3v) is 7.17. The highest BCUT2D eigenvalue weighted by Gasteiger charge is 2.24. The molecule has 0 spiro atoms. The van der Waals surface area contributed by atoms with Gasteiger partial charge in [0.1, 0.15) is 9.90 Å². The van der Waals surface area contributed by atoms with E-state index in [4.69, 9.17) is 39.5 Å². The first-order valence-corrected chi connectivity index (χ1v) is 11.1. The summed E-state index contributed by atoms with van der Waals surface area (Å²) in [5.41, 5.74) is 0. The highest BCUT2D eigenvalue weighted by molar-refractivity contribution is 7.93. The summed E-state index contributed by atoms with van der Waals surface area (Å²) in [7, 11) is -4.01. The number of morpholine rings is 1. The molecule has 3 rings (SSSR count). The van der Waals surface area contributed by atoms with Crippen molar-refractivity contribution in [3.8, 4) is 0 Å². The molecule has 2 heterocycles. The number of aromatic nitrogens is 2. The zero-order valence-electron chi connectivity index (χ0n) is 13.4. The highest BCUT2D eigenvalue weighted by atomic mass is 35.5. The van der Waals surface area contributed by atoms with Crippen molar-refractivity contribution in [1.29, 1.82) is 0 Å². The minimum Gasteiger partial charge on any atom is -0.379 e. The molecule has 0 bridgehead atoms. The Kier molecular flexibility index (Phi) is 6.60. The van der Waals surface area contributed by atoms with Crippen LogP contribution in [0.5, 0.6) is 0 Å². The first-order chi connectivity index (χ1) is 12.3. The molecule has 0 saturated carbocycles. The number of nitrogens with zero attached hydrogens (tertiary/aromatic N) is 3. The second kappa shape index (κ2) is 8.55. The van der Waals surface area contributed by atoms with Crippen LogP contribution in [0.3, 0.4) is 0 Å². The number of hydrogen-bond donors (Lipinski definition) is 1. The van der Waals surface area contributed by atoms with Gasteiger partial charge in [-0.25, -0.2) is 8.42 Å². The number of sulfonamides is 1. The van der Waals surface area contributed by atoms with Crippen molar-refractivity contribution >= 4 is 61.3 Å². The number of halogens is 3. The molecule has 12 heteroatoms. The van der Waals surface area contributed by atoms with E-state index in [0.717, 1.165) is 37.9 Å². The topological polar surface area (TPSA) is 84.4 Å². The number of benzene rings is 1. The summed E-state index contributed by atoms with van der Waals surface area (Å²) in [6.07, 6.45) is 0.682. The molecule has 0 unspecified atom stereocenters. The fourth-order valence-electron chi connectivity index (χ4n) is 2.43. The predicted molar refractivity (Wildman–Crippen MR) is 103 cm³/mol. The first-order valence-electron chi connectivity index (χ1n) is 7.65. The number of rotatable bonds is 6. The zero-order chi connectivity index (χ0) is 18.7. The van der Waals surface area contributed by atoms with Gasteiger partial charge in [-0.2, -0.15) is 0 Å². The van der Waals surface area contributed by atoms with E-state index >= 15 is 0 Å². The van der Waals surface area contributed by atoms with Crippen molar-refractivity contribution < 1.29 is 13.2 Å². The van der Waals surface area contributed by atoms with Crippen LogP contribution in [-0.4, -0.2) is 56.4 Å². The third kappa shape index (κ3) is 4.98. The lowest BCUT2D eigenvalue weighted by Crippen LogP contribution is -2.37. The molecule has 1 aromatic heterocycles. The van der Waals surface area contributed by atoms with E-state index in [2.05, 4.69) is 19.8 Å². The molecule has 1 fully saturated rings. The Morgan fingerprint density at radius 2 is 1.81 bits per heavy atom. The van der Waals surface area contributed by atoms with Crippen LogP contribution >= 0.6 is 46.1 Å². The molecule has 1 aliphatic rings. The highest BCUT2D eigenvalue weighted by Crippen LogP contribution is 2.34. The van der Waals surface area contributed by atoms with Crippen LogP contribution < -0.4 is 4.72 Å². The maximum atomic E-state index is 12.6. The molecule has 0 amide bonds. The summed E-state index contributed by atoms with van der Waals surface area (Å²) in [5, 5.41) is 8.94. The van der Waals surface area contributed by atoms with E-state index in [0.29, 0.717) is 6.42 Å². The molecule has 1 aliphatic heterocycles. The molecule has 0 atom stereocenters. The van der Waals surface area contributed by atoms with Gasteiger partial charge in [-0.05, 0) is 12.1 Å². The van der Waals surface area contributed by atoms with Crippen molar-refractivity contribution in [3.63, 3.8) is 0 Å². The number of nitrogens with one attached hydrogen (secondary N) is 1. The Morgan fingerprint density at radius 1 is 1.15 bits per heavy atom. The van der Waals surface area contributed by atoms with Crippen LogP contribution in [0.25, 0.3) is 0 Å². The van der Waals surface area contributed by atoms with Gasteiger partial charge in [-0.1, -0.05) is 46.1 Å². The number of hydrogen-bond acceptors (Lipinski definition) is 7. The van der Waals surface area contributed by atoms with E-state index in [1.165, 1.54) is 23.5 Å². The van der Waals surface area contributed by atoms with Crippen molar-refractivity contribution in [2.24, 2.45) is 0 Å². The first kappa shape index (κ1) is 20.1. The van der Waals surface area contributed by atoms with Crippen LogP contribution in [0.4, 0.5) is 5.13 Å². The van der Waals surface area contributed by atoms with E-state index in [-0.39, 0.29) is 25.1 Å². The second-order valence-corrected chi connectivity index (χ2v) is 9.44. The summed E-state index contributed by atoms with van der Waals surface area (Å²) in [6.45, 7) is 4.03. The maximum Gasteiger partial charge on any atom is 0.266 e. The molecule has 0 radical (unpaired) electrons. The van der Waals surface area contributed by atoms with Crippen LogP contribution in [0.2, 0.25) is 15.1 Å². The van der Waals surface area contributed by atoms with Gasteiger partial charge in [-0.3, -0.25) is 9.62 Å². The average molecular weight is 458 g/mol. The van der Waals surface area contributed by atoms with Crippen LogP contribution in [0.15, 0.2) is 17.0 Å². The molecule has 1 N–H and O–H groups in total. The van der Waals surface area contributed by atoms with Crippen molar-refractivity contribution in [2.75, 3.05) is 37.6 Å². The van der Waals surface area contributed by atoms with Gasteiger partial charge < -0.3 is 4.74 Å². The molecule has 2 aromatic rings. The van der Waals surface area contributed by atoms with Gasteiger partial charge in [0.15, 0.2) is 0 Å². The molecular formula is C14H15Cl3N4O3S2.